The average Bonchev–Trinajstić information content (AvgIpc) is 3.39. The highest BCUT2D eigenvalue weighted by atomic mass is 19.1. The topological polar surface area (TPSA) is 39.7 Å². The van der Waals surface area contributed by atoms with Crippen molar-refractivity contribution in [2.75, 3.05) is 39.8 Å². The molecule has 2 fully saturated rings. The number of halogens is 1. The van der Waals surface area contributed by atoms with E-state index in [0.717, 1.165) is 50.5 Å². The number of piperidine rings is 1. The first-order chi connectivity index (χ1) is 12.1. The fraction of sp³-hybridized carbons (Fsp3) is 0.650. The summed E-state index contributed by atoms with van der Waals surface area (Å²) >= 11 is 0. The molecular weight excluding hydrogens is 315 g/mol. The van der Waals surface area contributed by atoms with Gasteiger partial charge >= 0.3 is 0 Å². The van der Waals surface area contributed by atoms with Gasteiger partial charge in [0.2, 0.25) is 0 Å². The molecule has 2 N–H and O–H groups in total. The van der Waals surface area contributed by atoms with Crippen LogP contribution in [0, 0.1) is 11.7 Å². The molecular formula is C20H31FN4. The van der Waals surface area contributed by atoms with Gasteiger partial charge in [-0.15, -0.1) is 0 Å². The van der Waals surface area contributed by atoms with E-state index in [1.54, 1.807) is 12.1 Å². The van der Waals surface area contributed by atoms with Gasteiger partial charge < -0.3 is 15.5 Å². The largest absolute Gasteiger partial charge is 0.357 e. The minimum absolute atomic E-state index is 0.0372. The van der Waals surface area contributed by atoms with E-state index in [1.165, 1.54) is 25.5 Å². The van der Waals surface area contributed by atoms with Crippen molar-refractivity contribution in [3.05, 3.63) is 35.6 Å². The third kappa shape index (κ3) is 4.94. The van der Waals surface area contributed by atoms with Crippen LogP contribution in [0.1, 0.15) is 38.2 Å². The van der Waals surface area contributed by atoms with Crippen LogP contribution < -0.4 is 10.6 Å². The monoisotopic (exact) mass is 346 g/mol. The molecule has 138 valence electrons. The lowest BCUT2D eigenvalue weighted by Crippen LogP contribution is -2.43. The summed E-state index contributed by atoms with van der Waals surface area (Å²) in [6.45, 7) is 6.98. The molecule has 1 unspecified atom stereocenters. The van der Waals surface area contributed by atoms with Gasteiger partial charge in [0.1, 0.15) is 5.82 Å². The normalized spacial score (nSPS) is 23.3. The molecule has 25 heavy (non-hydrogen) atoms. The molecule has 1 saturated carbocycles. The van der Waals surface area contributed by atoms with Crippen molar-refractivity contribution in [2.45, 2.75) is 38.0 Å². The van der Waals surface area contributed by atoms with E-state index in [0.29, 0.717) is 5.92 Å². The molecule has 1 aromatic rings. The Morgan fingerprint density at radius 1 is 1.36 bits per heavy atom. The quantitative estimate of drug-likeness (QED) is 0.615. The van der Waals surface area contributed by atoms with Crippen molar-refractivity contribution in [2.24, 2.45) is 10.9 Å². The van der Waals surface area contributed by atoms with E-state index in [1.807, 2.05) is 6.07 Å². The highest BCUT2D eigenvalue weighted by Crippen LogP contribution is 2.48. The maximum atomic E-state index is 13.5. The van der Waals surface area contributed by atoms with E-state index in [9.17, 15) is 4.39 Å². The lowest BCUT2D eigenvalue weighted by Gasteiger charge is -2.30. The van der Waals surface area contributed by atoms with Crippen LogP contribution in [0.4, 0.5) is 4.39 Å². The highest BCUT2D eigenvalue weighted by molar-refractivity contribution is 5.79. The van der Waals surface area contributed by atoms with Crippen LogP contribution in [0.5, 0.6) is 0 Å². The molecule has 0 aromatic heterocycles. The second kappa shape index (κ2) is 8.17. The van der Waals surface area contributed by atoms with E-state index in [4.69, 9.17) is 4.99 Å². The molecule has 0 radical (unpaired) electrons. The van der Waals surface area contributed by atoms with E-state index >= 15 is 0 Å². The zero-order valence-corrected chi connectivity index (χ0v) is 15.5. The fourth-order valence-electron chi connectivity index (χ4n) is 3.76. The second-order valence-electron chi connectivity index (χ2n) is 7.64. The van der Waals surface area contributed by atoms with Gasteiger partial charge in [0.25, 0.3) is 0 Å². The number of hydrogen-bond acceptors (Lipinski definition) is 2. The lowest BCUT2D eigenvalue weighted by atomic mass is 9.96. The molecule has 1 saturated heterocycles. The van der Waals surface area contributed by atoms with Crippen molar-refractivity contribution < 1.29 is 4.39 Å². The third-order valence-corrected chi connectivity index (χ3v) is 5.45. The molecule has 0 amide bonds. The molecule has 1 atom stereocenters. The maximum Gasteiger partial charge on any atom is 0.191 e. The van der Waals surface area contributed by atoms with Crippen LogP contribution >= 0.6 is 0 Å². The minimum Gasteiger partial charge on any atom is -0.357 e. The number of nitrogens with zero attached hydrogens (tertiary/aromatic N) is 2. The predicted octanol–water partition coefficient (Wildman–Crippen LogP) is 2.75. The SMILES string of the molecule is CCNC(=NCC1(c2cccc(F)c2)CC1)NCC1CCCN(C)C1. The van der Waals surface area contributed by atoms with Crippen molar-refractivity contribution in [1.82, 2.24) is 15.5 Å². The molecule has 3 rings (SSSR count). The molecule has 0 spiro atoms. The number of likely N-dealkylation sites (tertiary alicyclic amines) is 1. The first kappa shape index (κ1) is 18.2. The molecule has 1 heterocycles. The molecule has 1 aromatic carbocycles. The smallest absolute Gasteiger partial charge is 0.191 e. The lowest BCUT2D eigenvalue weighted by molar-refractivity contribution is 0.210. The number of benzene rings is 1. The summed E-state index contributed by atoms with van der Waals surface area (Å²) in [6.07, 6.45) is 4.74. The Balaban J connectivity index is 1.58. The third-order valence-electron chi connectivity index (χ3n) is 5.45. The second-order valence-corrected chi connectivity index (χ2v) is 7.64. The maximum absolute atomic E-state index is 13.5. The van der Waals surface area contributed by atoms with Gasteiger partial charge in [-0.2, -0.15) is 0 Å². The Hall–Kier alpha value is -1.62. The van der Waals surface area contributed by atoms with Gasteiger partial charge in [-0.25, -0.2) is 4.39 Å². The van der Waals surface area contributed by atoms with Crippen molar-refractivity contribution >= 4 is 5.96 Å². The number of nitrogens with one attached hydrogen (secondary N) is 2. The summed E-state index contributed by atoms with van der Waals surface area (Å²) in [5.74, 6) is 1.42. The van der Waals surface area contributed by atoms with Gasteiger partial charge in [-0.1, -0.05) is 12.1 Å². The number of rotatable bonds is 6. The van der Waals surface area contributed by atoms with Crippen LogP contribution in [0.15, 0.2) is 29.3 Å². The standard InChI is InChI=1S/C20H31FN4/c1-3-22-19(23-13-16-6-5-11-25(2)14-16)24-15-20(9-10-20)17-7-4-8-18(21)12-17/h4,7-8,12,16H,3,5-6,9-11,13-15H2,1-2H3,(H2,22,23,24). The number of guanidine groups is 1. The predicted molar refractivity (Wildman–Crippen MR) is 102 cm³/mol. The summed E-state index contributed by atoms with van der Waals surface area (Å²) in [5, 5.41) is 6.86. The molecule has 1 aliphatic heterocycles. The molecule has 1 aliphatic carbocycles. The summed E-state index contributed by atoms with van der Waals surface area (Å²) in [5.41, 5.74) is 1.12. The fourth-order valence-corrected chi connectivity index (χ4v) is 3.76. The zero-order chi connectivity index (χ0) is 17.7. The summed E-state index contributed by atoms with van der Waals surface area (Å²) in [4.78, 5) is 7.22. The number of aliphatic imine (C=N–C) groups is 1. The van der Waals surface area contributed by atoms with Gasteiger partial charge in [-0.3, -0.25) is 4.99 Å². The van der Waals surface area contributed by atoms with Crippen LogP contribution in [0.3, 0.4) is 0 Å². The van der Waals surface area contributed by atoms with Gasteiger partial charge in [-0.05, 0) is 69.8 Å². The van der Waals surface area contributed by atoms with Crippen LogP contribution in [-0.2, 0) is 5.41 Å². The average molecular weight is 346 g/mol. The molecule has 4 nitrogen and oxygen atoms in total. The van der Waals surface area contributed by atoms with Crippen molar-refractivity contribution in [3.8, 4) is 0 Å². The number of hydrogen-bond donors (Lipinski definition) is 2. The van der Waals surface area contributed by atoms with E-state index in [2.05, 4.69) is 29.5 Å². The first-order valence-corrected chi connectivity index (χ1v) is 9.58. The molecule has 2 aliphatic rings. The minimum atomic E-state index is -0.154. The Kier molecular flexibility index (Phi) is 5.94. The first-order valence-electron chi connectivity index (χ1n) is 9.58. The van der Waals surface area contributed by atoms with Crippen LogP contribution in [-0.4, -0.2) is 50.6 Å². The summed E-state index contributed by atoms with van der Waals surface area (Å²) in [6, 6.07) is 7.01. The van der Waals surface area contributed by atoms with Gasteiger partial charge in [0.15, 0.2) is 5.96 Å². The van der Waals surface area contributed by atoms with Gasteiger partial charge in [0, 0.05) is 25.0 Å². The van der Waals surface area contributed by atoms with Crippen LogP contribution in [0.25, 0.3) is 0 Å². The summed E-state index contributed by atoms with van der Waals surface area (Å²) in [7, 11) is 2.20. The Labute approximate surface area is 150 Å². The Bertz CT molecular complexity index is 597. The van der Waals surface area contributed by atoms with E-state index in [-0.39, 0.29) is 11.2 Å². The highest BCUT2D eigenvalue weighted by Gasteiger charge is 2.44. The molecule has 5 heteroatoms. The Morgan fingerprint density at radius 2 is 2.20 bits per heavy atom. The Morgan fingerprint density at radius 3 is 2.88 bits per heavy atom. The van der Waals surface area contributed by atoms with Crippen molar-refractivity contribution in [3.63, 3.8) is 0 Å². The summed E-state index contributed by atoms with van der Waals surface area (Å²) < 4.78 is 13.5. The zero-order valence-electron chi connectivity index (χ0n) is 15.5. The van der Waals surface area contributed by atoms with Crippen molar-refractivity contribution in [1.29, 1.82) is 0 Å². The molecule has 0 bridgehead atoms. The van der Waals surface area contributed by atoms with E-state index < -0.39 is 0 Å². The van der Waals surface area contributed by atoms with Gasteiger partial charge in [0.05, 0.1) is 6.54 Å². The van der Waals surface area contributed by atoms with Crippen LogP contribution in [0.2, 0.25) is 0 Å².